The molecule has 2 rings (SSSR count). The van der Waals surface area contributed by atoms with Crippen LogP contribution in [0, 0.1) is 0 Å². The Morgan fingerprint density at radius 1 is 0.800 bits per heavy atom. The lowest BCUT2D eigenvalue weighted by atomic mass is 10.3. The number of rotatable bonds is 3. The quantitative estimate of drug-likeness (QED) is 0.763. The first-order valence-corrected chi connectivity index (χ1v) is 8.22. The molecule has 0 aliphatic heterocycles. The zero-order valence-corrected chi connectivity index (χ0v) is 13.5. The van der Waals surface area contributed by atoms with Gasteiger partial charge >= 0.3 is 0 Å². The highest BCUT2D eigenvalue weighted by Crippen LogP contribution is 2.33. The van der Waals surface area contributed by atoms with Gasteiger partial charge in [0.2, 0.25) is 0 Å². The lowest BCUT2D eigenvalue weighted by Crippen LogP contribution is -2.13. The molecule has 0 unspecified atom stereocenters. The normalized spacial score (nSPS) is 11.4. The van der Waals surface area contributed by atoms with Gasteiger partial charge in [-0.1, -0.05) is 46.4 Å². The summed E-state index contributed by atoms with van der Waals surface area (Å²) < 4.78 is 26.7. The summed E-state index contributed by atoms with van der Waals surface area (Å²) in [4.78, 5) is 0.0593. The standard InChI is InChI=1S/C12H7Cl4NO2S/c13-7-1-3-8(4-2-7)20(18,19)17-12-6-10(15)9(14)5-11(12)16/h1-6,17H. The van der Waals surface area contributed by atoms with Gasteiger partial charge in [-0.05, 0) is 36.4 Å². The summed E-state index contributed by atoms with van der Waals surface area (Å²) in [5.74, 6) is 0. The van der Waals surface area contributed by atoms with Crippen LogP contribution in [-0.4, -0.2) is 8.42 Å². The molecule has 0 radical (unpaired) electrons. The molecule has 0 amide bonds. The molecule has 0 aliphatic rings. The minimum atomic E-state index is -3.78. The largest absolute Gasteiger partial charge is 0.278 e. The molecule has 0 spiro atoms. The molecule has 0 fully saturated rings. The maximum absolute atomic E-state index is 12.2. The molecule has 1 N–H and O–H groups in total. The van der Waals surface area contributed by atoms with Crippen LogP contribution in [-0.2, 0) is 10.0 Å². The van der Waals surface area contributed by atoms with Crippen molar-refractivity contribution in [1.82, 2.24) is 0 Å². The van der Waals surface area contributed by atoms with Gasteiger partial charge in [-0.2, -0.15) is 0 Å². The minimum Gasteiger partial charge on any atom is -0.278 e. The van der Waals surface area contributed by atoms with E-state index in [1.54, 1.807) is 0 Å². The zero-order chi connectivity index (χ0) is 14.9. The average Bonchev–Trinajstić information content (AvgIpc) is 2.36. The van der Waals surface area contributed by atoms with Crippen molar-refractivity contribution in [2.45, 2.75) is 4.90 Å². The number of benzene rings is 2. The van der Waals surface area contributed by atoms with Crippen molar-refractivity contribution < 1.29 is 8.42 Å². The smallest absolute Gasteiger partial charge is 0.261 e. The predicted molar refractivity (Wildman–Crippen MR) is 83.7 cm³/mol. The Labute approximate surface area is 136 Å². The van der Waals surface area contributed by atoms with Crippen LogP contribution in [0.3, 0.4) is 0 Å². The highest BCUT2D eigenvalue weighted by molar-refractivity contribution is 7.92. The fourth-order valence-electron chi connectivity index (χ4n) is 1.42. The van der Waals surface area contributed by atoms with Crippen LogP contribution in [0.4, 0.5) is 5.69 Å². The Balaban J connectivity index is 2.38. The summed E-state index contributed by atoms with van der Waals surface area (Å²) in [6.45, 7) is 0. The molecule has 0 aliphatic carbocycles. The number of halogens is 4. The third-order valence-electron chi connectivity index (χ3n) is 2.38. The lowest BCUT2D eigenvalue weighted by molar-refractivity contribution is 0.601. The molecule has 106 valence electrons. The van der Waals surface area contributed by atoms with E-state index in [-0.39, 0.29) is 25.7 Å². The number of hydrogen-bond donors (Lipinski definition) is 1. The number of hydrogen-bond acceptors (Lipinski definition) is 2. The molecule has 8 heteroatoms. The maximum Gasteiger partial charge on any atom is 0.261 e. The van der Waals surface area contributed by atoms with Gasteiger partial charge in [0.05, 0.1) is 25.7 Å². The van der Waals surface area contributed by atoms with Gasteiger partial charge < -0.3 is 0 Å². The van der Waals surface area contributed by atoms with E-state index in [1.165, 1.54) is 36.4 Å². The zero-order valence-electron chi connectivity index (χ0n) is 9.70. The van der Waals surface area contributed by atoms with Crippen LogP contribution in [0.25, 0.3) is 0 Å². The minimum absolute atomic E-state index is 0.0593. The van der Waals surface area contributed by atoms with Crippen molar-refractivity contribution in [3.63, 3.8) is 0 Å². The first-order chi connectivity index (χ1) is 9.29. The molecule has 0 saturated heterocycles. The Morgan fingerprint density at radius 3 is 1.95 bits per heavy atom. The van der Waals surface area contributed by atoms with E-state index < -0.39 is 10.0 Å². The van der Waals surface area contributed by atoms with Crippen LogP contribution >= 0.6 is 46.4 Å². The Morgan fingerprint density at radius 2 is 1.35 bits per heavy atom. The van der Waals surface area contributed by atoms with Crippen LogP contribution < -0.4 is 4.72 Å². The van der Waals surface area contributed by atoms with Crippen molar-refractivity contribution in [3.8, 4) is 0 Å². The number of sulfonamides is 1. The first kappa shape index (κ1) is 15.7. The molecule has 0 heterocycles. The van der Waals surface area contributed by atoms with E-state index in [0.29, 0.717) is 5.02 Å². The second kappa shape index (κ2) is 6.00. The monoisotopic (exact) mass is 369 g/mol. The van der Waals surface area contributed by atoms with E-state index in [0.717, 1.165) is 0 Å². The van der Waals surface area contributed by atoms with E-state index in [2.05, 4.69) is 4.72 Å². The molecular formula is C12H7Cl4NO2S. The van der Waals surface area contributed by atoms with Crippen molar-refractivity contribution in [2.24, 2.45) is 0 Å². The van der Waals surface area contributed by atoms with Gasteiger partial charge in [0.15, 0.2) is 0 Å². The van der Waals surface area contributed by atoms with E-state index >= 15 is 0 Å². The van der Waals surface area contributed by atoms with Crippen molar-refractivity contribution in [1.29, 1.82) is 0 Å². The Bertz CT molecular complexity index is 745. The number of nitrogens with one attached hydrogen (secondary N) is 1. The molecule has 20 heavy (non-hydrogen) atoms. The lowest BCUT2D eigenvalue weighted by Gasteiger charge is -2.10. The third kappa shape index (κ3) is 3.51. The van der Waals surface area contributed by atoms with Gasteiger partial charge in [-0.15, -0.1) is 0 Å². The molecule has 0 aromatic heterocycles. The van der Waals surface area contributed by atoms with Crippen molar-refractivity contribution in [2.75, 3.05) is 4.72 Å². The first-order valence-electron chi connectivity index (χ1n) is 5.22. The predicted octanol–water partition coefficient (Wildman–Crippen LogP) is 5.10. The van der Waals surface area contributed by atoms with Gasteiger partial charge in [0.1, 0.15) is 0 Å². The second-order valence-corrected chi connectivity index (χ2v) is 7.15. The second-order valence-electron chi connectivity index (χ2n) is 3.81. The SMILES string of the molecule is O=S(=O)(Nc1cc(Cl)c(Cl)cc1Cl)c1ccc(Cl)cc1. The summed E-state index contributed by atoms with van der Waals surface area (Å²) >= 11 is 23.3. The molecule has 0 atom stereocenters. The van der Waals surface area contributed by atoms with Crippen LogP contribution in [0.1, 0.15) is 0 Å². The summed E-state index contributed by atoms with van der Waals surface area (Å²) in [7, 11) is -3.78. The average molecular weight is 371 g/mol. The fraction of sp³-hybridized carbons (Fsp3) is 0. The fourth-order valence-corrected chi connectivity index (χ4v) is 3.26. The van der Waals surface area contributed by atoms with Crippen molar-refractivity contribution >= 4 is 62.1 Å². The topological polar surface area (TPSA) is 46.2 Å². The maximum atomic E-state index is 12.2. The van der Waals surface area contributed by atoms with E-state index in [1.807, 2.05) is 0 Å². The highest BCUT2D eigenvalue weighted by Gasteiger charge is 2.16. The summed E-state index contributed by atoms with van der Waals surface area (Å²) in [5.41, 5.74) is 0.149. The summed E-state index contributed by atoms with van der Waals surface area (Å²) in [5, 5.41) is 1.03. The van der Waals surface area contributed by atoms with Gasteiger partial charge in [-0.25, -0.2) is 8.42 Å². The van der Waals surface area contributed by atoms with Gasteiger partial charge in [-0.3, -0.25) is 4.72 Å². The molecule has 0 saturated carbocycles. The number of anilines is 1. The van der Waals surface area contributed by atoms with Crippen LogP contribution in [0.2, 0.25) is 20.1 Å². The van der Waals surface area contributed by atoms with Gasteiger partial charge in [0.25, 0.3) is 10.0 Å². The van der Waals surface area contributed by atoms with E-state index in [9.17, 15) is 8.42 Å². The third-order valence-corrected chi connectivity index (χ3v) is 5.05. The van der Waals surface area contributed by atoms with Crippen LogP contribution in [0.15, 0.2) is 41.3 Å². The molecule has 2 aromatic carbocycles. The summed E-state index contributed by atoms with van der Waals surface area (Å²) in [6, 6.07) is 8.44. The summed E-state index contributed by atoms with van der Waals surface area (Å²) in [6.07, 6.45) is 0. The van der Waals surface area contributed by atoms with Crippen LogP contribution in [0.5, 0.6) is 0 Å². The Kier molecular flexibility index (Phi) is 4.72. The van der Waals surface area contributed by atoms with Gasteiger partial charge in [0, 0.05) is 5.02 Å². The Hall–Kier alpha value is -0.650. The van der Waals surface area contributed by atoms with E-state index in [4.69, 9.17) is 46.4 Å². The molecule has 3 nitrogen and oxygen atoms in total. The highest BCUT2D eigenvalue weighted by atomic mass is 35.5. The molecule has 0 bridgehead atoms. The van der Waals surface area contributed by atoms with Crippen molar-refractivity contribution in [3.05, 3.63) is 56.5 Å². The molecule has 2 aromatic rings. The molecular weight excluding hydrogens is 364 g/mol.